The lowest BCUT2D eigenvalue weighted by atomic mass is 9.90. The number of nitrogens with zero attached hydrogens (tertiary/aromatic N) is 3. The fraction of sp³-hybridized carbons (Fsp3) is 0.0476. The smallest absolute Gasteiger partial charge is 0.267 e. The van der Waals surface area contributed by atoms with E-state index in [0.717, 1.165) is 22.9 Å². The van der Waals surface area contributed by atoms with Crippen molar-refractivity contribution in [3.63, 3.8) is 0 Å². The molecule has 0 bridgehead atoms. The van der Waals surface area contributed by atoms with Gasteiger partial charge in [-0.3, -0.25) is 4.79 Å². The van der Waals surface area contributed by atoms with E-state index in [1.54, 1.807) is 24.3 Å². The number of aromatic nitrogens is 1. The van der Waals surface area contributed by atoms with Crippen molar-refractivity contribution in [3.05, 3.63) is 75.0 Å². The Morgan fingerprint density at radius 3 is 2.32 bits per heavy atom. The maximum absolute atomic E-state index is 12.7. The molecule has 0 unspecified atom stereocenters. The Hall–Kier alpha value is -3.76. The van der Waals surface area contributed by atoms with Gasteiger partial charge in [-0.25, -0.2) is 5.84 Å². The Bertz CT molecular complexity index is 1290. The van der Waals surface area contributed by atoms with Gasteiger partial charge in [0.25, 0.3) is 5.56 Å². The highest BCUT2D eigenvalue weighted by molar-refractivity contribution is 8.00. The second kappa shape index (κ2) is 9.83. The number of halogens is 1. The van der Waals surface area contributed by atoms with E-state index in [2.05, 4.69) is 21.6 Å². The molecule has 3 aromatic rings. The lowest BCUT2D eigenvalue weighted by Crippen LogP contribution is -2.33. The number of thioether (sulfide) groups is 1. The number of H-pyrrole nitrogens is 1. The summed E-state index contributed by atoms with van der Waals surface area (Å²) in [5.74, 6) is 11.0. The van der Waals surface area contributed by atoms with Crippen molar-refractivity contribution >= 4 is 29.2 Å². The van der Waals surface area contributed by atoms with Crippen LogP contribution < -0.4 is 22.7 Å². The fourth-order valence-electron chi connectivity index (χ4n) is 3.01. The molecule has 6 N–H and O–H groups in total. The van der Waals surface area contributed by atoms with Crippen molar-refractivity contribution in [3.8, 4) is 34.4 Å². The SMILES string of the molecule is N#Cc1c(SC/C(=N/N)NN)[nH]c(=O)c(C#N)c1-c1ccccc1-c1ccc(Cl)cc1. The van der Waals surface area contributed by atoms with Crippen LogP contribution >= 0.6 is 23.4 Å². The highest BCUT2D eigenvalue weighted by Gasteiger charge is 2.22. The monoisotopic (exact) mass is 449 g/mol. The first-order valence-electron chi connectivity index (χ1n) is 8.86. The van der Waals surface area contributed by atoms with Crippen molar-refractivity contribution in [2.75, 3.05) is 5.75 Å². The summed E-state index contributed by atoms with van der Waals surface area (Å²) in [5.41, 5.74) is 4.18. The predicted octanol–water partition coefficient (Wildman–Crippen LogP) is 2.93. The zero-order valence-electron chi connectivity index (χ0n) is 16.0. The van der Waals surface area contributed by atoms with Gasteiger partial charge in [-0.2, -0.15) is 15.6 Å². The average Bonchev–Trinajstić information content (AvgIpc) is 2.80. The van der Waals surface area contributed by atoms with Crippen molar-refractivity contribution in [1.29, 1.82) is 10.5 Å². The van der Waals surface area contributed by atoms with Crippen LogP contribution in [0.5, 0.6) is 0 Å². The molecule has 2 aromatic carbocycles. The molecule has 154 valence electrons. The highest BCUT2D eigenvalue weighted by atomic mass is 35.5. The molecule has 0 saturated heterocycles. The van der Waals surface area contributed by atoms with E-state index in [1.807, 2.05) is 30.3 Å². The van der Waals surface area contributed by atoms with Gasteiger partial charge in [-0.15, -0.1) is 0 Å². The Balaban J connectivity index is 2.27. The summed E-state index contributed by atoms with van der Waals surface area (Å²) in [5, 5.41) is 24.0. The maximum atomic E-state index is 12.7. The first-order chi connectivity index (χ1) is 15.0. The van der Waals surface area contributed by atoms with Crippen LogP contribution in [0.2, 0.25) is 5.02 Å². The summed E-state index contributed by atoms with van der Waals surface area (Å²) in [4.78, 5) is 15.3. The molecule has 0 atom stereocenters. The number of aromatic amines is 1. The summed E-state index contributed by atoms with van der Waals surface area (Å²) in [6.07, 6.45) is 0. The van der Waals surface area contributed by atoms with Crippen molar-refractivity contribution in [2.45, 2.75) is 5.03 Å². The zero-order chi connectivity index (χ0) is 22.4. The molecule has 1 heterocycles. The third-order valence-corrected chi connectivity index (χ3v) is 5.70. The van der Waals surface area contributed by atoms with E-state index in [-0.39, 0.29) is 33.3 Å². The number of amidine groups is 1. The number of benzene rings is 2. The molecule has 0 saturated carbocycles. The molecule has 0 aliphatic heterocycles. The first-order valence-corrected chi connectivity index (χ1v) is 10.2. The summed E-state index contributed by atoms with van der Waals surface area (Å²) >= 11 is 7.13. The number of nitriles is 2. The molecule has 10 heteroatoms. The first kappa shape index (κ1) is 21.9. The molecule has 0 amide bonds. The third-order valence-electron chi connectivity index (χ3n) is 4.43. The summed E-state index contributed by atoms with van der Waals surface area (Å²) < 4.78 is 0. The zero-order valence-corrected chi connectivity index (χ0v) is 17.6. The van der Waals surface area contributed by atoms with E-state index in [4.69, 9.17) is 23.3 Å². The van der Waals surface area contributed by atoms with Gasteiger partial charge >= 0.3 is 0 Å². The van der Waals surface area contributed by atoms with Crippen molar-refractivity contribution in [1.82, 2.24) is 10.4 Å². The minimum absolute atomic E-state index is 0.146. The molecule has 8 nitrogen and oxygen atoms in total. The topological polar surface area (TPSA) is 157 Å². The third kappa shape index (κ3) is 4.55. The predicted molar refractivity (Wildman–Crippen MR) is 122 cm³/mol. The van der Waals surface area contributed by atoms with Gasteiger partial charge in [-0.05, 0) is 28.8 Å². The Labute approximate surface area is 187 Å². The van der Waals surface area contributed by atoms with Crippen LogP contribution in [0.25, 0.3) is 22.3 Å². The molecule has 3 rings (SSSR count). The number of rotatable bonds is 5. The van der Waals surface area contributed by atoms with Crippen LogP contribution in [0.1, 0.15) is 11.1 Å². The molecule has 0 aliphatic carbocycles. The summed E-state index contributed by atoms with van der Waals surface area (Å²) in [6, 6.07) is 18.5. The second-order valence-electron chi connectivity index (χ2n) is 6.19. The largest absolute Gasteiger partial charge is 0.322 e. The van der Waals surface area contributed by atoms with Crippen LogP contribution in [-0.2, 0) is 0 Å². The van der Waals surface area contributed by atoms with Crippen LogP contribution in [0.15, 0.2) is 63.5 Å². The lowest BCUT2D eigenvalue weighted by Gasteiger charge is -2.15. The standard InChI is InChI=1S/C21H16ClN7OS/c22-13-7-5-12(6-8-13)14-3-1-2-4-15(14)19-16(9-23)20(30)27-21(17(19)10-24)31-11-18(28-25)29-26/h1-8H,11,25-26H2,(H,27,30)(H,28,29). The number of hydrogen-bond donors (Lipinski definition) is 4. The minimum atomic E-state index is -0.600. The van der Waals surface area contributed by atoms with Crippen LogP contribution in [0, 0.1) is 22.7 Å². The summed E-state index contributed by atoms with van der Waals surface area (Å²) in [6.45, 7) is 0. The molecule has 0 radical (unpaired) electrons. The Morgan fingerprint density at radius 1 is 1.10 bits per heavy atom. The van der Waals surface area contributed by atoms with Crippen LogP contribution in [-0.4, -0.2) is 16.6 Å². The number of nitrogens with two attached hydrogens (primary N) is 2. The maximum Gasteiger partial charge on any atom is 0.267 e. The number of hydrazone groups is 1. The van der Waals surface area contributed by atoms with Gasteiger partial charge < -0.3 is 16.3 Å². The van der Waals surface area contributed by atoms with Gasteiger partial charge in [0.05, 0.1) is 16.3 Å². The van der Waals surface area contributed by atoms with E-state index >= 15 is 0 Å². The van der Waals surface area contributed by atoms with E-state index in [0.29, 0.717) is 10.6 Å². The number of hydrazine groups is 1. The normalized spacial score (nSPS) is 10.9. The number of nitrogens with one attached hydrogen (secondary N) is 2. The Kier molecular flexibility index (Phi) is 6.96. The quantitative estimate of drug-likeness (QED) is 0.153. The van der Waals surface area contributed by atoms with Gasteiger partial charge in [0.15, 0.2) is 0 Å². The molecule has 31 heavy (non-hydrogen) atoms. The average molecular weight is 450 g/mol. The molecule has 0 spiro atoms. The van der Waals surface area contributed by atoms with E-state index in [1.165, 1.54) is 0 Å². The molecule has 0 aliphatic rings. The second-order valence-corrected chi connectivity index (χ2v) is 7.62. The summed E-state index contributed by atoms with van der Waals surface area (Å²) in [7, 11) is 0. The van der Waals surface area contributed by atoms with Crippen molar-refractivity contribution in [2.24, 2.45) is 16.8 Å². The van der Waals surface area contributed by atoms with Crippen molar-refractivity contribution < 1.29 is 0 Å². The van der Waals surface area contributed by atoms with Crippen LogP contribution in [0.4, 0.5) is 0 Å². The molecular weight excluding hydrogens is 434 g/mol. The van der Waals surface area contributed by atoms with Gasteiger partial charge in [0.2, 0.25) is 0 Å². The van der Waals surface area contributed by atoms with E-state index < -0.39 is 5.56 Å². The molecular formula is C21H16ClN7OS. The molecule has 0 fully saturated rings. The number of hydrogen-bond acceptors (Lipinski definition) is 7. The highest BCUT2D eigenvalue weighted by Crippen LogP contribution is 2.37. The fourth-order valence-corrected chi connectivity index (χ4v) is 4.03. The van der Waals surface area contributed by atoms with Gasteiger partial charge in [0, 0.05) is 10.6 Å². The Morgan fingerprint density at radius 2 is 1.74 bits per heavy atom. The number of pyridine rings is 1. The molecule has 1 aromatic heterocycles. The van der Waals surface area contributed by atoms with Gasteiger partial charge in [-0.1, -0.05) is 59.8 Å². The van der Waals surface area contributed by atoms with Crippen LogP contribution in [0.3, 0.4) is 0 Å². The van der Waals surface area contributed by atoms with E-state index in [9.17, 15) is 15.3 Å². The lowest BCUT2D eigenvalue weighted by molar-refractivity contribution is 0.995. The minimum Gasteiger partial charge on any atom is -0.322 e. The van der Waals surface area contributed by atoms with Gasteiger partial charge in [0.1, 0.15) is 23.5 Å².